The highest BCUT2D eigenvalue weighted by Crippen LogP contribution is 2.56. The second-order valence-corrected chi connectivity index (χ2v) is 11.2. The molecule has 0 spiro atoms. The molecule has 1 aliphatic rings. The fraction of sp³-hybridized carbons (Fsp3) is 0.522. The summed E-state index contributed by atoms with van der Waals surface area (Å²) in [6.07, 6.45) is 2.41. The summed E-state index contributed by atoms with van der Waals surface area (Å²) < 4.78 is 33.4. The second kappa shape index (κ2) is 7.01. The number of aromatic nitrogens is 1. The van der Waals surface area contributed by atoms with Gasteiger partial charge in [-0.3, -0.25) is 4.79 Å². The van der Waals surface area contributed by atoms with Crippen molar-refractivity contribution in [1.82, 2.24) is 3.97 Å². The zero-order valence-corrected chi connectivity index (χ0v) is 19.1. The second-order valence-electron chi connectivity index (χ2n) is 9.36. The third-order valence-electron chi connectivity index (χ3n) is 7.05. The van der Waals surface area contributed by atoms with Crippen molar-refractivity contribution in [2.24, 2.45) is 11.3 Å². The zero-order valence-electron chi connectivity index (χ0n) is 18.3. The lowest BCUT2D eigenvalue weighted by Gasteiger charge is -2.50. The number of esters is 1. The first-order valence-electron chi connectivity index (χ1n) is 9.96. The minimum Gasteiger partial charge on any atom is -0.469 e. The van der Waals surface area contributed by atoms with Crippen LogP contribution in [-0.4, -0.2) is 25.5 Å². The summed E-state index contributed by atoms with van der Waals surface area (Å²) in [7, 11) is -2.36. The van der Waals surface area contributed by atoms with Crippen molar-refractivity contribution < 1.29 is 17.9 Å². The largest absolute Gasteiger partial charge is 0.469 e. The van der Waals surface area contributed by atoms with Crippen molar-refractivity contribution in [1.29, 1.82) is 0 Å². The monoisotopic (exact) mass is 417 g/mol. The van der Waals surface area contributed by atoms with E-state index in [4.69, 9.17) is 4.74 Å². The first kappa shape index (κ1) is 21.6. The molecule has 1 heterocycles. The normalized spacial score (nSPS) is 21.3. The molecule has 5 nitrogen and oxygen atoms in total. The summed E-state index contributed by atoms with van der Waals surface area (Å²) in [5.41, 5.74) is 2.06. The number of fused-ring (bicyclic) bond motifs is 1. The molecule has 158 valence electrons. The van der Waals surface area contributed by atoms with E-state index in [0.29, 0.717) is 0 Å². The third kappa shape index (κ3) is 3.31. The number of rotatable bonds is 4. The maximum atomic E-state index is 13.5. The molecule has 0 bridgehead atoms. The van der Waals surface area contributed by atoms with Crippen LogP contribution in [0.5, 0.6) is 0 Å². The van der Waals surface area contributed by atoms with E-state index in [1.54, 1.807) is 30.5 Å². The number of aryl methyl sites for hydroxylation is 1. The molecule has 0 amide bonds. The Bertz CT molecular complexity index is 1030. The van der Waals surface area contributed by atoms with Crippen molar-refractivity contribution in [3.8, 4) is 0 Å². The molecule has 0 saturated heterocycles. The molecule has 2 atom stereocenters. The van der Waals surface area contributed by atoms with E-state index in [9.17, 15) is 13.2 Å². The van der Waals surface area contributed by atoms with E-state index in [1.807, 2.05) is 19.9 Å². The summed E-state index contributed by atoms with van der Waals surface area (Å²) in [5, 5.41) is 0. The topological polar surface area (TPSA) is 65.4 Å². The number of benzene rings is 1. The number of hydrogen-bond donors (Lipinski definition) is 0. The molecule has 1 aromatic carbocycles. The van der Waals surface area contributed by atoms with Gasteiger partial charge in [-0.2, -0.15) is 0 Å². The standard InChI is InChI=1S/C23H31NO4S/c1-15-8-10-17(11-9-15)29(26,27)24-13-12-18-19(16(2)21(25)28-7)14-22(3,4)23(5,6)20(18)24/h8-13,16,19H,14H2,1-7H3. The highest BCUT2D eigenvalue weighted by molar-refractivity contribution is 7.90. The number of hydrogen-bond acceptors (Lipinski definition) is 4. The maximum Gasteiger partial charge on any atom is 0.308 e. The fourth-order valence-electron chi connectivity index (χ4n) is 4.42. The Hall–Kier alpha value is -2.08. The van der Waals surface area contributed by atoms with Crippen molar-refractivity contribution >= 4 is 16.0 Å². The lowest BCUT2D eigenvalue weighted by molar-refractivity contribution is -0.146. The summed E-state index contributed by atoms with van der Waals surface area (Å²) in [5.74, 6) is -0.729. The Morgan fingerprint density at radius 3 is 2.28 bits per heavy atom. The van der Waals surface area contributed by atoms with Gasteiger partial charge in [0.2, 0.25) is 0 Å². The lowest BCUT2D eigenvalue weighted by Crippen LogP contribution is -2.46. The van der Waals surface area contributed by atoms with E-state index in [-0.39, 0.29) is 28.1 Å². The quantitative estimate of drug-likeness (QED) is 0.680. The van der Waals surface area contributed by atoms with Gasteiger partial charge < -0.3 is 4.74 Å². The smallest absolute Gasteiger partial charge is 0.308 e. The molecule has 3 rings (SSSR count). The number of methoxy groups -OCH3 is 1. The molecular formula is C23H31NO4S. The van der Waals surface area contributed by atoms with Crippen LogP contribution in [0, 0.1) is 18.3 Å². The van der Waals surface area contributed by atoms with Crippen LogP contribution in [0.15, 0.2) is 41.4 Å². The van der Waals surface area contributed by atoms with Gasteiger partial charge in [-0.05, 0) is 48.4 Å². The fourth-order valence-corrected chi connectivity index (χ4v) is 5.92. The minimum absolute atomic E-state index is 0.102. The minimum atomic E-state index is -3.75. The van der Waals surface area contributed by atoms with Gasteiger partial charge in [0.1, 0.15) is 0 Å². The van der Waals surface area contributed by atoms with Crippen LogP contribution in [0.2, 0.25) is 0 Å². The van der Waals surface area contributed by atoms with Crippen molar-refractivity contribution in [3.63, 3.8) is 0 Å². The number of carbonyl (C=O) groups excluding carboxylic acids is 1. The van der Waals surface area contributed by atoms with Crippen LogP contribution in [0.25, 0.3) is 0 Å². The van der Waals surface area contributed by atoms with Gasteiger partial charge in [-0.25, -0.2) is 12.4 Å². The highest BCUT2D eigenvalue weighted by Gasteiger charge is 2.51. The summed E-state index contributed by atoms with van der Waals surface area (Å²) in [4.78, 5) is 12.6. The highest BCUT2D eigenvalue weighted by atomic mass is 32.2. The van der Waals surface area contributed by atoms with Crippen LogP contribution in [0.1, 0.15) is 63.8 Å². The summed E-state index contributed by atoms with van der Waals surface area (Å²) >= 11 is 0. The molecule has 29 heavy (non-hydrogen) atoms. The Labute approximate surface area is 174 Å². The molecule has 0 saturated carbocycles. The number of carbonyl (C=O) groups is 1. The van der Waals surface area contributed by atoms with Crippen LogP contribution < -0.4 is 0 Å². The van der Waals surface area contributed by atoms with Gasteiger partial charge in [-0.15, -0.1) is 0 Å². The summed E-state index contributed by atoms with van der Waals surface area (Å²) in [6.45, 7) is 12.3. The first-order valence-corrected chi connectivity index (χ1v) is 11.4. The summed E-state index contributed by atoms with van der Waals surface area (Å²) in [6, 6.07) is 8.77. The molecular weight excluding hydrogens is 386 g/mol. The van der Waals surface area contributed by atoms with E-state index < -0.39 is 15.4 Å². The predicted molar refractivity (Wildman–Crippen MR) is 114 cm³/mol. The van der Waals surface area contributed by atoms with E-state index >= 15 is 0 Å². The van der Waals surface area contributed by atoms with Gasteiger partial charge in [0.05, 0.1) is 17.9 Å². The molecule has 2 unspecified atom stereocenters. The molecule has 1 aliphatic carbocycles. The molecule has 0 aliphatic heterocycles. The van der Waals surface area contributed by atoms with Crippen molar-refractivity contribution in [2.45, 2.75) is 64.2 Å². The molecule has 1 aromatic heterocycles. The van der Waals surface area contributed by atoms with Crippen LogP contribution in [0.3, 0.4) is 0 Å². The van der Waals surface area contributed by atoms with E-state index in [0.717, 1.165) is 23.2 Å². The van der Waals surface area contributed by atoms with E-state index in [1.165, 1.54) is 11.1 Å². The Morgan fingerprint density at radius 2 is 1.72 bits per heavy atom. The van der Waals surface area contributed by atoms with Crippen LogP contribution >= 0.6 is 0 Å². The van der Waals surface area contributed by atoms with E-state index in [2.05, 4.69) is 27.7 Å². The SMILES string of the molecule is COC(=O)C(C)C1CC(C)(C)C(C)(C)c2c1ccn2S(=O)(=O)c1ccc(C)cc1. The molecule has 6 heteroatoms. The Morgan fingerprint density at radius 1 is 1.14 bits per heavy atom. The molecule has 2 aromatic rings. The number of nitrogens with zero attached hydrogens (tertiary/aromatic N) is 1. The third-order valence-corrected chi connectivity index (χ3v) is 8.74. The van der Waals surface area contributed by atoms with Gasteiger partial charge in [0, 0.05) is 17.3 Å². The van der Waals surface area contributed by atoms with Gasteiger partial charge in [0.25, 0.3) is 10.0 Å². The first-order chi connectivity index (χ1) is 13.3. The lowest BCUT2D eigenvalue weighted by atomic mass is 9.55. The Balaban J connectivity index is 2.24. The molecule has 0 fully saturated rings. The Kier molecular flexibility index (Phi) is 5.23. The molecule has 0 N–H and O–H groups in total. The molecule has 0 radical (unpaired) electrons. The van der Waals surface area contributed by atoms with Crippen molar-refractivity contribution in [3.05, 3.63) is 53.3 Å². The average molecular weight is 418 g/mol. The predicted octanol–water partition coefficient (Wildman–Crippen LogP) is 4.63. The van der Waals surface area contributed by atoms with Crippen molar-refractivity contribution in [2.75, 3.05) is 7.11 Å². The van der Waals surface area contributed by atoms with Gasteiger partial charge >= 0.3 is 5.97 Å². The van der Waals surface area contributed by atoms with Gasteiger partial charge in [0.15, 0.2) is 0 Å². The number of ether oxygens (including phenoxy) is 1. The van der Waals surface area contributed by atoms with Crippen LogP contribution in [-0.2, 0) is 25.0 Å². The zero-order chi connectivity index (χ0) is 21.8. The van der Waals surface area contributed by atoms with Crippen LogP contribution in [0.4, 0.5) is 0 Å². The average Bonchev–Trinajstić information content (AvgIpc) is 3.11. The van der Waals surface area contributed by atoms with Gasteiger partial charge in [-0.1, -0.05) is 52.3 Å². The maximum absolute atomic E-state index is 13.5.